The molecule has 0 amide bonds. The summed E-state index contributed by atoms with van der Waals surface area (Å²) in [7, 11) is 0. The number of nitrogens with one attached hydrogen (secondary N) is 1. The van der Waals surface area contributed by atoms with Gasteiger partial charge in [0, 0.05) is 17.0 Å². The van der Waals surface area contributed by atoms with Crippen molar-refractivity contribution >= 4 is 23.0 Å². The number of benzene rings is 2. The molecule has 3 rings (SSSR count). The normalized spacial score (nSPS) is 15.5. The fraction of sp³-hybridized carbons (Fsp3) is 0.235. The molecule has 0 aliphatic carbocycles. The molecule has 0 fully saturated rings. The Labute approximate surface area is 129 Å². The first-order valence-corrected chi connectivity index (χ1v) is 7.34. The van der Waals surface area contributed by atoms with E-state index in [9.17, 15) is 0 Å². The van der Waals surface area contributed by atoms with Crippen molar-refractivity contribution in [2.24, 2.45) is 5.10 Å². The molecular weight excluding hydrogens is 284 g/mol. The molecule has 0 saturated carbocycles. The number of aryl methyl sites for hydroxylation is 2. The zero-order chi connectivity index (χ0) is 14.8. The summed E-state index contributed by atoms with van der Waals surface area (Å²) in [5.74, 6) is 0.926. The molecule has 2 aromatic rings. The van der Waals surface area contributed by atoms with Gasteiger partial charge < -0.3 is 4.74 Å². The second kappa shape index (κ2) is 5.78. The van der Waals surface area contributed by atoms with Gasteiger partial charge in [0.25, 0.3) is 0 Å². The smallest absolute Gasteiger partial charge is 0.128 e. The monoisotopic (exact) mass is 300 g/mol. The maximum Gasteiger partial charge on any atom is 0.128 e. The molecular formula is C17H17ClN2O. The third-order valence-corrected chi connectivity index (χ3v) is 3.74. The topological polar surface area (TPSA) is 33.6 Å². The number of hydrogen-bond acceptors (Lipinski definition) is 3. The number of fused-ring (bicyclic) bond motifs is 1. The minimum atomic E-state index is 0.664. The lowest BCUT2D eigenvalue weighted by atomic mass is 9.97. The molecule has 1 aliphatic rings. The minimum absolute atomic E-state index is 0.664. The van der Waals surface area contributed by atoms with Crippen LogP contribution in [0.2, 0.25) is 5.02 Å². The average Bonchev–Trinajstić information content (AvgIpc) is 2.46. The number of rotatable bonds is 2. The highest BCUT2D eigenvalue weighted by molar-refractivity contribution is 6.30. The van der Waals surface area contributed by atoms with Crippen molar-refractivity contribution < 1.29 is 4.74 Å². The summed E-state index contributed by atoms with van der Waals surface area (Å²) in [6, 6.07) is 11.7. The number of anilines is 1. The van der Waals surface area contributed by atoms with E-state index >= 15 is 0 Å². The van der Waals surface area contributed by atoms with E-state index in [1.807, 2.05) is 24.3 Å². The largest absolute Gasteiger partial charge is 0.492 e. The van der Waals surface area contributed by atoms with Crippen LogP contribution in [0.5, 0.6) is 5.75 Å². The zero-order valence-corrected chi connectivity index (χ0v) is 12.9. The van der Waals surface area contributed by atoms with Gasteiger partial charge in [0.15, 0.2) is 0 Å². The lowest BCUT2D eigenvalue weighted by Crippen LogP contribution is -2.19. The standard InChI is InChI=1S/C17H17ClN2O/c1-11-9-12(2)17-15(7-8-21-16(17)10-11)20-19-14-5-3-13(18)4-6-14/h3-6,9-10,19H,7-8H2,1-2H3/b20-15+. The average molecular weight is 301 g/mol. The van der Waals surface area contributed by atoms with E-state index in [2.05, 4.69) is 36.5 Å². The molecule has 1 N–H and O–H groups in total. The van der Waals surface area contributed by atoms with E-state index in [1.54, 1.807) is 0 Å². The van der Waals surface area contributed by atoms with Crippen LogP contribution >= 0.6 is 11.6 Å². The van der Waals surface area contributed by atoms with Crippen LogP contribution in [0.25, 0.3) is 0 Å². The van der Waals surface area contributed by atoms with E-state index in [4.69, 9.17) is 16.3 Å². The van der Waals surface area contributed by atoms with Crippen LogP contribution in [0.15, 0.2) is 41.5 Å². The summed E-state index contributed by atoms with van der Waals surface area (Å²) < 4.78 is 5.76. The molecule has 4 heteroatoms. The lowest BCUT2D eigenvalue weighted by molar-refractivity contribution is 0.320. The maximum absolute atomic E-state index is 5.88. The van der Waals surface area contributed by atoms with Crippen LogP contribution in [0.4, 0.5) is 5.69 Å². The Hall–Kier alpha value is -2.00. The third-order valence-electron chi connectivity index (χ3n) is 3.49. The van der Waals surface area contributed by atoms with Gasteiger partial charge in [-0.25, -0.2) is 0 Å². The molecule has 2 aromatic carbocycles. The molecule has 0 saturated heterocycles. The summed E-state index contributed by atoms with van der Waals surface area (Å²) in [5, 5.41) is 5.28. The van der Waals surface area contributed by atoms with E-state index < -0.39 is 0 Å². The van der Waals surface area contributed by atoms with Crippen LogP contribution in [-0.4, -0.2) is 12.3 Å². The first-order chi connectivity index (χ1) is 10.1. The second-order valence-corrected chi connectivity index (χ2v) is 5.67. The number of nitrogens with zero attached hydrogens (tertiary/aromatic N) is 1. The van der Waals surface area contributed by atoms with E-state index in [0.717, 1.165) is 34.2 Å². The van der Waals surface area contributed by atoms with Crippen LogP contribution in [0.1, 0.15) is 23.1 Å². The van der Waals surface area contributed by atoms with Crippen molar-refractivity contribution in [2.45, 2.75) is 20.3 Å². The lowest BCUT2D eigenvalue weighted by Gasteiger charge is -2.21. The molecule has 1 aliphatic heterocycles. The first-order valence-electron chi connectivity index (χ1n) is 6.96. The quantitative estimate of drug-likeness (QED) is 0.825. The highest BCUT2D eigenvalue weighted by Crippen LogP contribution is 2.29. The van der Waals surface area contributed by atoms with Gasteiger partial charge in [-0.2, -0.15) is 5.10 Å². The van der Waals surface area contributed by atoms with Crippen molar-refractivity contribution in [2.75, 3.05) is 12.0 Å². The fourth-order valence-corrected chi connectivity index (χ4v) is 2.69. The van der Waals surface area contributed by atoms with Gasteiger partial charge in [-0.3, -0.25) is 5.43 Å². The van der Waals surface area contributed by atoms with Gasteiger partial charge in [0.2, 0.25) is 0 Å². The van der Waals surface area contributed by atoms with E-state index in [-0.39, 0.29) is 0 Å². The molecule has 0 spiro atoms. The molecule has 1 heterocycles. The predicted molar refractivity (Wildman–Crippen MR) is 87.6 cm³/mol. The number of hydrazone groups is 1. The molecule has 0 aromatic heterocycles. The Bertz CT molecular complexity index is 693. The van der Waals surface area contributed by atoms with Gasteiger partial charge in [-0.15, -0.1) is 0 Å². The Morgan fingerprint density at radius 3 is 2.67 bits per heavy atom. The molecule has 0 unspecified atom stereocenters. The van der Waals surface area contributed by atoms with Crippen molar-refractivity contribution in [3.63, 3.8) is 0 Å². The zero-order valence-electron chi connectivity index (χ0n) is 12.1. The molecule has 0 atom stereocenters. The van der Waals surface area contributed by atoms with Crippen LogP contribution in [0, 0.1) is 13.8 Å². The molecule has 21 heavy (non-hydrogen) atoms. The van der Waals surface area contributed by atoms with E-state index in [1.165, 1.54) is 11.1 Å². The first kappa shape index (κ1) is 14.0. The van der Waals surface area contributed by atoms with Crippen molar-refractivity contribution in [1.29, 1.82) is 0 Å². The number of ether oxygens (including phenoxy) is 1. The van der Waals surface area contributed by atoms with Crippen molar-refractivity contribution in [3.05, 3.63) is 58.1 Å². The SMILES string of the molecule is Cc1cc(C)c2c(c1)OCC/C2=N\Nc1ccc(Cl)cc1. The van der Waals surface area contributed by atoms with Gasteiger partial charge >= 0.3 is 0 Å². The van der Waals surface area contributed by atoms with Gasteiger partial charge in [0.1, 0.15) is 5.75 Å². The maximum atomic E-state index is 5.88. The Morgan fingerprint density at radius 2 is 1.90 bits per heavy atom. The highest BCUT2D eigenvalue weighted by atomic mass is 35.5. The second-order valence-electron chi connectivity index (χ2n) is 5.23. The molecule has 108 valence electrons. The van der Waals surface area contributed by atoms with E-state index in [0.29, 0.717) is 6.61 Å². The minimum Gasteiger partial charge on any atom is -0.492 e. The van der Waals surface area contributed by atoms with Gasteiger partial charge in [-0.05, 0) is 55.3 Å². The van der Waals surface area contributed by atoms with Crippen LogP contribution in [0.3, 0.4) is 0 Å². The van der Waals surface area contributed by atoms with Crippen LogP contribution in [-0.2, 0) is 0 Å². The number of hydrogen-bond donors (Lipinski definition) is 1. The summed E-state index contributed by atoms with van der Waals surface area (Å²) in [4.78, 5) is 0. The Kier molecular flexibility index (Phi) is 3.84. The molecule has 3 nitrogen and oxygen atoms in total. The van der Waals surface area contributed by atoms with Crippen molar-refractivity contribution in [3.8, 4) is 5.75 Å². The highest BCUT2D eigenvalue weighted by Gasteiger charge is 2.19. The fourth-order valence-electron chi connectivity index (χ4n) is 2.56. The number of halogens is 1. The summed E-state index contributed by atoms with van der Waals surface area (Å²) in [6.45, 7) is 4.84. The van der Waals surface area contributed by atoms with Gasteiger partial charge in [-0.1, -0.05) is 17.7 Å². The summed E-state index contributed by atoms with van der Waals surface area (Å²) in [6.07, 6.45) is 0.803. The Balaban J connectivity index is 1.91. The third kappa shape index (κ3) is 3.03. The Morgan fingerprint density at radius 1 is 1.14 bits per heavy atom. The van der Waals surface area contributed by atoms with Crippen LogP contribution < -0.4 is 10.2 Å². The summed E-state index contributed by atoms with van der Waals surface area (Å²) >= 11 is 5.88. The summed E-state index contributed by atoms with van der Waals surface area (Å²) in [5.41, 5.74) is 8.56. The van der Waals surface area contributed by atoms with Crippen molar-refractivity contribution in [1.82, 2.24) is 0 Å². The molecule has 0 radical (unpaired) electrons. The van der Waals surface area contributed by atoms with Gasteiger partial charge in [0.05, 0.1) is 18.0 Å². The molecule has 0 bridgehead atoms. The predicted octanol–water partition coefficient (Wildman–Crippen LogP) is 4.56.